The smallest absolute Gasteiger partial charge is 0.337 e. The molecule has 0 aromatic heterocycles. The Bertz CT molecular complexity index is 1440. The molecule has 1 amide bonds. The van der Waals surface area contributed by atoms with Crippen LogP contribution in [0.2, 0.25) is 10.0 Å². The summed E-state index contributed by atoms with van der Waals surface area (Å²) in [6, 6.07) is 16.7. The Hall–Kier alpha value is -3.40. The molecule has 35 heavy (non-hydrogen) atoms. The number of nitrogens with one attached hydrogen (secondary N) is 1. The number of benzene rings is 3. The van der Waals surface area contributed by atoms with Gasteiger partial charge in [-0.3, -0.25) is 13.9 Å². The molecular formula is C24H18Cl2N2O6S. The second kappa shape index (κ2) is 9.69. The molecule has 0 fully saturated rings. The van der Waals surface area contributed by atoms with Crippen molar-refractivity contribution in [2.75, 3.05) is 15.4 Å². The van der Waals surface area contributed by atoms with Gasteiger partial charge in [-0.05, 0) is 47.5 Å². The second-order valence-corrected chi connectivity index (χ2v) is 10.6. The van der Waals surface area contributed by atoms with Crippen molar-refractivity contribution in [3.05, 3.63) is 93.5 Å². The number of hydrogen-bond acceptors (Lipinski definition) is 5. The average Bonchev–Trinajstić information content (AvgIpc) is 2.87. The van der Waals surface area contributed by atoms with Crippen molar-refractivity contribution in [1.29, 1.82) is 0 Å². The predicted molar refractivity (Wildman–Crippen MR) is 133 cm³/mol. The molecule has 1 atom stereocenters. The molecule has 0 bridgehead atoms. The Balaban J connectivity index is 1.76. The summed E-state index contributed by atoms with van der Waals surface area (Å²) in [7, 11) is -4.14. The average molecular weight is 533 g/mol. The van der Waals surface area contributed by atoms with E-state index in [0.717, 1.165) is 4.31 Å². The number of carbonyl (C=O) groups excluding carboxylic acids is 2. The third-order valence-corrected chi connectivity index (χ3v) is 7.60. The van der Waals surface area contributed by atoms with Crippen LogP contribution in [0.4, 0.5) is 11.4 Å². The number of amides is 1. The van der Waals surface area contributed by atoms with Gasteiger partial charge in [-0.15, -0.1) is 0 Å². The van der Waals surface area contributed by atoms with E-state index >= 15 is 0 Å². The standard InChI is InChI=1S/C24H18Cl2N2O6S/c25-15-7-5-14(6-8-15)12-28-20-4-2-1-3-17(20)22(21(29)13-35(28,33)34)23(30)27-19-10-9-16(26)11-18(19)24(31)32/h1-11,22H,12-13H2,(H,27,30)(H,31,32). The van der Waals surface area contributed by atoms with Crippen LogP contribution in [0.3, 0.4) is 0 Å². The molecule has 11 heteroatoms. The normalized spacial score (nSPS) is 16.8. The Morgan fingerprint density at radius 2 is 1.66 bits per heavy atom. The summed E-state index contributed by atoms with van der Waals surface area (Å²) in [5, 5.41) is 12.6. The fraction of sp³-hybridized carbons (Fsp3) is 0.125. The van der Waals surface area contributed by atoms with Crippen LogP contribution in [-0.4, -0.2) is 36.9 Å². The summed E-state index contributed by atoms with van der Waals surface area (Å²) in [5.74, 6) is -5.39. The van der Waals surface area contributed by atoms with Gasteiger partial charge in [-0.2, -0.15) is 0 Å². The monoisotopic (exact) mass is 532 g/mol. The molecule has 1 aliphatic heterocycles. The van der Waals surface area contributed by atoms with Crippen molar-refractivity contribution >= 4 is 62.3 Å². The van der Waals surface area contributed by atoms with E-state index in [9.17, 15) is 27.9 Å². The number of carbonyl (C=O) groups is 3. The minimum atomic E-state index is -4.14. The van der Waals surface area contributed by atoms with Gasteiger partial charge in [0.2, 0.25) is 15.9 Å². The number of nitrogens with zero attached hydrogens (tertiary/aromatic N) is 1. The number of carboxylic acids is 1. The summed E-state index contributed by atoms with van der Waals surface area (Å²) in [5.41, 5.74) is 0.675. The maximum atomic E-state index is 13.3. The molecule has 0 radical (unpaired) electrons. The van der Waals surface area contributed by atoms with E-state index in [1.807, 2.05) is 0 Å². The van der Waals surface area contributed by atoms with E-state index in [-0.39, 0.29) is 34.1 Å². The van der Waals surface area contributed by atoms with Gasteiger partial charge >= 0.3 is 5.97 Å². The van der Waals surface area contributed by atoms with Gasteiger partial charge in [0.05, 0.1) is 23.5 Å². The van der Waals surface area contributed by atoms with Crippen molar-refractivity contribution in [2.45, 2.75) is 12.5 Å². The van der Waals surface area contributed by atoms with Crippen LogP contribution in [-0.2, 0) is 26.2 Å². The molecule has 4 rings (SSSR count). The number of sulfonamides is 1. The summed E-state index contributed by atoms with van der Waals surface area (Å²) in [4.78, 5) is 38.0. The highest BCUT2D eigenvalue weighted by Crippen LogP contribution is 2.36. The zero-order valence-corrected chi connectivity index (χ0v) is 20.3. The van der Waals surface area contributed by atoms with Gasteiger partial charge in [0.25, 0.3) is 0 Å². The Labute approximate surface area is 211 Å². The minimum absolute atomic E-state index is 0.0673. The highest BCUT2D eigenvalue weighted by molar-refractivity contribution is 7.93. The number of anilines is 2. The molecule has 8 nitrogen and oxygen atoms in total. The first-order chi connectivity index (χ1) is 16.6. The Morgan fingerprint density at radius 1 is 1.00 bits per heavy atom. The number of carboxylic acid groups (broad SMARTS) is 1. The highest BCUT2D eigenvalue weighted by Gasteiger charge is 2.41. The Morgan fingerprint density at radius 3 is 2.34 bits per heavy atom. The van der Waals surface area contributed by atoms with E-state index in [0.29, 0.717) is 10.6 Å². The van der Waals surface area contributed by atoms with Crippen LogP contribution in [0.1, 0.15) is 27.4 Å². The molecule has 0 spiro atoms. The molecule has 1 unspecified atom stereocenters. The molecule has 180 valence electrons. The molecule has 0 aliphatic carbocycles. The number of halogens is 2. The zero-order chi connectivity index (χ0) is 25.3. The molecule has 0 saturated carbocycles. The third kappa shape index (κ3) is 5.17. The van der Waals surface area contributed by atoms with E-state index in [4.69, 9.17) is 23.2 Å². The number of Topliss-reactive ketones (excluding diaryl/α,β-unsaturated/α-hetero) is 1. The number of aromatic carboxylic acids is 1. The minimum Gasteiger partial charge on any atom is -0.478 e. The maximum absolute atomic E-state index is 13.3. The number of ketones is 1. The Kier molecular flexibility index (Phi) is 6.84. The first-order valence-corrected chi connectivity index (χ1v) is 12.6. The maximum Gasteiger partial charge on any atom is 0.337 e. The summed E-state index contributed by atoms with van der Waals surface area (Å²) >= 11 is 11.8. The van der Waals surface area contributed by atoms with E-state index < -0.39 is 39.4 Å². The lowest BCUT2D eigenvalue weighted by molar-refractivity contribution is -0.126. The molecule has 0 saturated heterocycles. The molecule has 3 aromatic rings. The largest absolute Gasteiger partial charge is 0.478 e. The van der Waals surface area contributed by atoms with Crippen LogP contribution < -0.4 is 9.62 Å². The van der Waals surface area contributed by atoms with Crippen molar-refractivity contribution in [3.8, 4) is 0 Å². The predicted octanol–water partition coefficient (Wildman–Crippen LogP) is 4.33. The fourth-order valence-corrected chi connectivity index (χ4v) is 5.65. The van der Waals surface area contributed by atoms with Gasteiger partial charge in [-0.1, -0.05) is 53.5 Å². The SMILES string of the molecule is O=C(O)c1cc(Cl)ccc1NC(=O)C1C(=O)CS(=O)(=O)N(Cc2ccc(Cl)cc2)c2ccccc21. The molecule has 1 aliphatic rings. The first-order valence-electron chi connectivity index (χ1n) is 10.3. The molecule has 1 heterocycles. The topological polar surface area (TPSA) is 121 Å². The van der Waals surface area contributed by atoms with Crippen molar-refractivity contribution < 1.29 is 27.9 Å². The van der Waals surface area contributed by atoms with E-state index in [1.54, 1.807) is 36.4 Å². The van der Waals surface area contributed by atoms with Crippen LogP contribution in [0.15, 0.2) is 66.7 Å². The molecular weight excluding hydrogens is 515 g/mol. The van der Waals surface area contributed by atoms with Crippen molar-refractivity contribution in [1.82, 2.24) is 0 Å². The van der Waals surface area contributed by atoms with Crippen molar-refractivity contribution in [2.24, 2.45) is 0 Å². The summed E-state index contributed by atoms with van der Waals surface area (Å²) < 4.78 is 27.5. The highest BCUT2D eigenvalue weighted by atomic mass is 35.5. The first kappa shape index (κ1) is 24.7. The number of rotatable bonds is 5. The number of para-hydroxylation sites is 1. The summed E-state index contributed by atoms with van der Waals surface area (Å²) in [6.07, 6.45) is 0. The third-order valence-electron chi connectivity index (χ3n) is 5.47. The van der Waals surface area contributed by atoms with Gasteiger partial charge < -0.3 is 10.4 Å². The van der Waals surface area contributed by atoms with Crippen LogP contribution in [0, 0.1) is 0 Å². The fourth-order valence-electron chi connectivity index (χ4n) is 3.86. The van der Waals surface area contributed by atoms with Crippen molar-refractivity contribution in [3.63, 3.8) is 0 Å². The van der Waals surface area contributed by atoms with Gasteiger partial charge in [0, 0.05) is 10.0 Å². The van der Waals surface area contributed by atoms with Crippen LogP contribution in [0.5, 0.6) is 0 Å². The lowest BCUT2D eigenvalue weighted by atomic mass is 9.92. The number of fused-ring (bicyclic) bond motifs is 1. The quantitative estimate of drug-likeness (QED) is 0.471. The second-order valence-electron chi connectivity index (χ2n) is 7.83. The molecule has 3 aromatic carbocycles. The van der Waals surface area contributed by atoms with Gasteiger partial charge in [0.1, 0.15) is 11.7 Å². The van der Waals surface area contributed by atoms with E-state index in [2.05, 4.69) is 5.32 Å². The lowest BCUT2D eigenvalue weighted by Crippen LogP contribution is -2.34. The number of hydrogen-bond donors (Lipinski definition) is 2. The molecule has 2 N–H and O–H groups in total. The zero-order valence-electron chi connectivity index (χ0n) is 17.9. The van der Waals surface area contributed by atoms with Gasteiger partial charge in [0.15, 0.2) is 5.78 Å². The summed E-state index contributed by atoms with van der Waals surface area (Å²) in [6.45, 7) is -0.0710. The van der Waals surface area contributed by atoms with E-state index in [1.165, 1.54) is 30.3 Å². The lowest BCUT2D eigenvalue weighted by Gasteiger charge is -2.24. The van der Waals surface area contributed by atoms with Crippen LogP contribution >= 0.6 is 23.2 Å². The van der Waals surface area contributed by atoms with Crippen LogP contribution in [0.25, 0.3) is 0 Å². The van der Waals surface area contributed by atoms with Gasteiger partial charge in [-0.25, -0.2) is 13.2 Å².